The van der Waals surface area contributed by atoms with E-state index in [1.54, 1.807) is 13.0 Å². The highest BCUT2D eigenvalue weighted by molar-refractivity contribution is 5.91. The number of esters is 2. The Balaban J connectivity index is 1.88. The van der Waals surface area contributed by atoms with Crippen LogP contribution >= 0.6 is 0 Å². The number of epoxide rings is 1. The smallest absolute Gasteiger partial charge is 0.334 e. The molecule has 0 bridgehead atoms. The van der Waals surface area contributed by atoms with Gasteiger partial charge >= 0.3 is 11.9 Å². The molecule has 2 aliphatic heterocycles. The van der Waals surface area contributed by atoms with Gasteiger partial charge in [0.05, 0.1) is 12.2 Å². The fourth-order valence-corrected chi connectivity index (χ4v) is 4.12. The summed E-state index contributed by atoms with van der Waals surface area (Å²) < 4.78 is 16.6. The van der Waals surface area contributed by atoms with Crippen molar-refractivity contribution in [2.45, 2.75) is 76.5 Å². The number of ether oxygens (including phenoxy) is 3. The van der Waals surface area contributed by atoms with Crippen molar-refractivity contribution < 1.29 is 34.0 Å². The van der Waals surface area contributed by atoms with E-state index >= 15 is 0 Å². The Bertz CT molecular complexity index is 752. The minimum absolute atomic E-state index is 0.128. The van der Waals surface area contributed by atoms with Crippen LogP contribution in [0.1, 0.15) is 46.5 Å². The Hall–Kier alpha value is -1.96. The number of carbonyl (C=O) groups is 2. The predicted octanol–water partition coefficient (Wildman–Crippen LogP) is 1.97. The zero-order valence-corrected chi connectivity index (χ0v) is 17.2. The summed E-state index contributed by atoms with van der Waals surface area (Å²) in [6.07, 6.45) is 3.18. The Labute approximate surface area is 171 Å². The van der Waals surface area contributed by atoms with Crippen LogP contribution < -0.4 is 0 Å². The van der Waals surface area contributed by atoms with Crippen molar-refractivity contribution in [3.63, 3.8) is 0 Å². The maximum absolute atomic E-state index is 12.1. The van der Waals surface area contributed by atoms with Crippen molar-refractivity contribution in [2.75, 3.05) is 6.61 Å². The van der Waals surface area contributed by atoms with Gasteiger partial charge in [0, 0.05) is 18.4 Å². The van der Waals surface area contributed by atoms with Crippen LogP contribution in [-0.2, 0) is 23.8 Å². The van der Waals surface area contributed by atoms with Crippen LogP contribution in [0.25, 0.3) is 0 Å². The van der Waals surface area contributed by atoms with Gasteiger partial charge in [0.15, 0.2) is 0 Å². The lowest BCUT2D eigenvalue weighted by atomic mass is 9.83. The molecule has 7 heteroatoms. The molecule has 2 N–H and O–H groups in total. The van der Waals surface area contributed by atoms with Crippen molar-refractivity contribution in [3.8, 4) is 0 Å². The van der Waals surface area contributed by atoms with Crippen LogP contribution in [0.2, 0.25) is 0 Å². The quantitative estimate of drug-likeness (QED) is 0.313. The lowest BCUT2D eigenvalue weighted by molar-refractivity contribution is -0.143. The van der Waals surface area contributed by atoms with Gasteiger partial charge in [0.25, 0.3) is 0 Å². The van der Waals surface area contributed by atoms with E-state index in [-0.39, 0.29) is 18.7 Å². The monoisotopic (exact) mass is 406 g/mol. The Morgan fingerprint density at radius 3 is 2.72 bits per heavy atom. The molecular formula is C22H30O7. The van der Waals surface area contributed by atoms with Crippen LogP contribution in [0.3, 0.4) is 0 Å². The van der Waals surface area contributed by atoms with E-state index in [2.05, 4.69) is 6.58 Å². The molecule has 6 atom stereocenters. The van der Waals surface area contributed by atoms with Gasteiger partial charge in [-0.25, -0.2) is 4.79 Å². The summed E-state index contributed by atoms with van der Waals surface area (Å²) in [6, 6.07) is 0. The minimum atomic E-state index is -0.996. The maximum Gasteiger partial charge on any atom is 0.334 e. The molecule has 29 heavy (non-hydrogen) atoms. The van der Waals surface area contributed by atoms with Crippen molar-refractivity contribution >= 4 is 11.9 Å². The highest BCUT2D eigenvalue weighted by Gasteiger charge is 2.59. The minimum Gasteiger partial charge on any atom is -0.463 e. The lowest BCUT2D eigenvalue weighted by Crippen LogP contribution is -2.34. The van der Waals surface area contributed by atoms with E-state index in [9.17, 15) is 19.8 Å². The zero-order chi connectivity index (χ0) is 21.3. The molecule has 1 aliphatic carbocycles. The van der Waals surface area contributed by atoms with Gasteiger partial charge in [0.1, 0.15) is 24.4 Å². The highest BCUT2D eigenvalue weighted by atomic mass is 16.6. The third-order valence-electron chi connectivity index (χ3n) is 6.24. The zero-order valence-electron chi connectivity index (χ0n) is 17.2. The van der Waals surface area contributed by atoms with Gasteiger partial charge in [-0.15, -0.1) is 0 Å². The first kappa shape index (κ1) is 21.7. The molecule has 3 aliphatic rings. The number of allylic oxidation sites excluding steroid dienone is 1. The second-order valence-electron chi connectivity index (χ2n) is 8.32. The number of aliphatic hydroxyl groups is 2. The summed E-state index contributed by atoms with van der Waals surface area (Å²) in [5.74, 6) is -1.29. The molecule has 0 aromatic carbocycles. The topological polar surface area (TPSA) is 106 Å². The maximum atomic E-state index is 12.1. The van der Waals surface area contributed by atoms with Crippen LogP contribution in [-0.4, -0.2) is 58.8 Å². The van der Waals surface area contributed by atoms with Crippen LogP contribution in [0.5, 0.6) is 0 Å². The number of rotatable bonds is 2. The molecule has 0 unspecified atom stereocenters. The third kappa shape index (κ3) is 4.63. The summed E-state index contributed by atoms with van der Waals surface area (Å²) in [5, 5.41) is 21.2. The summed E-state index contributed by atoms with van der Waals surface area (Å²) in [6.45, 7) is 8.95. The summed E-state index contributed by atoms with van der Waals surface area (Å²) in [5.41, 5.74) is 1.15. The van der Waals surface area contributed by atoms with Crippen molar-refractivity contribution in [3.05, 3.63) is 35.5 Å². The fourth-order valence-electron chi connectivity index (χ4n) is 4.12. The van der Waals surface area contributed by atoms with Gasteiger partial charge < -0.3 is 24.4 Å². The summed E-state index contributed by atoms with van der Waals surface area (Å²) in [7, 11) is 0. The van der Waals surface area contributed by atoms with Crippen LogP contribution in [0, 0.1) is 5.92 Å². The predicted molar refractivity (Wildman–Crippen MR) is 105 cm³/mol. The molecule has 2 saturated heterocycles. The normalized spacial score (nSPS) is 41.6. The van der Waals surface area contributed by atoms with E-state index in [4.69, 9.17) is 14.2 Å². The van der Waals surface area contributed by atoms with E-state index < -0.39 is 35.8 Å². The molecule has 0 radical (unpaired) electrons. The van der Waals surface area contributed by atoms with Gasteiger partial charge in [-0.3, -0.25) is 4.79 Å². The highest BCUT2D eigenvalue weighted by Crippen LogP contribution is 2.48. The second-order valence-corrected chi connectivity index (χ2v) is 8.32. The molecule has 0 saturated carbocycles. The number of carbonyl (C=O) groups excluding carboxylic acids is 2. The SMILES string of the molecule is C=C1C(=O)O[C@@H]2[C@@H]1C[C@H]1O[C@]1(COC(C)=O)CC/C=C(/C)[C@@H](O)C/C=C(/C)[C@H]2O. The molecule has 0 aromatic heterocycles. The van der Waals surface area contributed by atoms with Crippen molar-refractivity contribution in [2.24, 2.45) is 5.92 Å². The number of hydrogen-bond acceptors (Lipinski definition) is 7. The average molecular weight is 406 g/mol. The van der Waals surface area contributed by atoms with E-state index in [0.29, 0.717) is 36.8 Å². The summed E-state index contributed by atoms with van der Waals surface area (Å²) >= 11 is 0. The Kier molecular flexibility index (Phi) is 6.31. The lowest BCUT2D eigenvalue weighted by Gasteiger charge is -2.24. The van der Waals surface area contributed by atoms with Crippen LogP contribution in [0.4, 0.5) is 0 Å². The Morgan fingerprint density at radius 2 is 2.03 bits per heavy atom. The van der Waals surface area contributed by atoms with Gasteiger partial charge in [0.2, 0.25) is 0 Å². The average Bonchev–Trinajstić information content (AvgIpc) is 3.29. The second kappa shape index (κ2) is 8.42. The van der Waals surface area contributed by atoms with Crippen molar-refractivity contribution in [1.29, 1.82) is 0 Å². The van der Waals surface area contributed by atoms with Crippen molar-refractivity contribution in [1.82, 2.24) is 0 Å². The summed E-state index contributed by atoms with van der Waals surface area (Å²) in [4.78, 5) is 23.5. The third-order valence-corrected chi connectivity index (χ3v) is 6.24. The first-order valence-electron chi connectivity index (χ1n) is 10.0. The molecule has 160 valence electrons. The first-order chi connectivity index (χ1) is 13.6. The van der Waals surface area contributed by atoms with E-state index in [0.717, 1.165) is 5.57 Å². The molecule has 0 aromatic rings. The van der Waals surface area contributed by atoms with E-state index in [1.165, 1.54) is 6.92 Å². The molecule has 2 fully saturated rings. The van der Waals surface area contributed by atoms with E-state index in [1.807, 2.05) is 13.0 Å². The van der Waals surface area contributed by atoms with Crippen LogP contribution in [0.15, 0.2) is 35.5 Å². The molecule has 2 heterocycles. The van der Waals surface area contributed by atoms with Gasteiger partial charge in [-0.1, -0.05) is 18.7 Å². The van der Waals surface area contributed by atoms with Gasteiger partial charge in [-0.05, 0) is 50.7 Å². The number of fused-ring (bicyclic) bond motifs is 2. The number of hydrogen-bond donors (Lipinski definition) is 2. The standard InChI is InChI=1S/C22H30O7/c1-12-6-5-9-22(11-27-15(4)23)18(29-22)10-16-14(3)21(26)28-20(16)19(25)13(2)7-8-17(12)24/h6-7,16-20,24-25H,3,5,8-11H2,1-2,4H3/b12-6-,13-7-/t16-,17+,18-,19-,20-,22+/m1/s1. The molecule has 3 rings (SSSR count). The molecule has 7 nitrogen and oxygen atoms in total. The molecule has 0 spiro atoms. The van der Waals surface area contributed by atoms with Gasteiger partial charge in [-0.2, -0.15) is 0 Å². The number of aliphatic hydroxyl groups excluding tert-OH is 2. The molecular weight excluding hydrogens is 376 g/mol. The largest absolute Gasteiger partial charge is 0.463 e. The first-order valence-corrected chi connectivity index (χ1v) is 10.0. The molecule has 0 amide bonds. The Morgan fingerprint density at radius 1 is 1.31 bits per heavy atom. The fraction of sp³-hybridized carbons (Fsp3) is 0.636.